The van der Waals surface area contributed by atoms with Gasteiger partial charge in [0.25, 0.3) is 0 Å². The van der Waals surface area contributed by atoms with Crippen molar-refractivity contribution in [2.75, 3.05) is 6.61 Å². The first-order chi connectivity index (χ1) is 9.19. The summed E-state index contributed by atoms with van der Waals surface area (Å²) in [6.45, 7) is 0.502. The molecule has 0 aliphatic heterocycles. The second kappa shape index (κ2) is 7.26. The molecule has 1 unspecified atom stereocenters. The zero-order chi connectivity index (χ0) is 13.7. The molecule has 0 bridgehead atoms. The minimum atomic E-state index is 0.0608. The van der Waals surface area contributed by atoms with Gasteiger partial charge in [-0.05, 0) is 51.6 Å². The number of hydrogen-bond donors (Lipinski definition) is 2. The number of nitrogens with one attached hydrogen (secondary N) is 1. The number of halogens is 2. The van der Waals surface area contributed by atoms with Crippen molar-refractivity contribution in [3.05, 3.63) is 50.1 Å². The molecule has 1 heterocycles. The number of thiophene rings is 1. The van der Waals surface area contributed by atoms with Gasteiger partial charge in [-0.2, -0.15) is 0 Å². The van der Waals surface area contributed by atoms with E-state index in [0.29, 0.717) is 11.6 Å². The minimum absolute atomic E-state index is 0.0608. The summed E-state index contributed by atoms with van der Waals surface area (Å²) in [4.78, 5) is 1.25. The van der Waals surface area contributed by atoms with E-state index in [4.69, 9.17) is 22.2 Å². The largest absolute Gasteiger partial charge is 0.492 e. The van der Waals surface area contributed by atoms with Crippen molar-refractivity contribution in [3.8, 4) is 5.75 Å². The van der Waals surface area contributed by atoms with Gasteiger partial charge >= 0.3 is 0 Å². The Hall–Kier alpha value is -0.590. The van der Waals surface area contributed by atoms with Gasteiger partial charge in [-0.1, -0.05) is 11.6 Å². The smallest absolute Gasteiger partial charge is 0.119 e. The standard InChI is InChI=1S/C13H14BrClN2OS/c14-12-5-6-19-13(12)7-10(17-16)8-18-11-3-1-9(15)2-4-11/h1-6,10,17H,7-8,16H2. The Morgan fingerprint density at radius 2 is 2.05 bits per heavy atom. The van der Waals surface area contributed by atoms with E-state index in [1.54, 1.807) is 23.5 Å². The van der Waals surface area contributed by atoms with Crippen LogP contribution < -0.4 is 16.0 Å². The van der Waals surface area contributed by atoms with E-state index in [9.17, 15) is 0 Å². The van der Waals surface area contributed by atoms with Crippen molar-refractivity contribution in [2.24, 2.45) is 5.84 Å². The molecule has 1 atom stereocenters. The first-order valence-corrected chi connectivity index (χ1v) is 7.80. The fraction of sp³-hybridized carbons (Fsp3) is 0.231. The molecule has 0 amide bonds. The first kappa shape index (κ1) is 14.8. The van der Waals surface area contributed by atoms with Crippen molar-refractivity contribution in [2.45, 2.75) is 12.5 Å². The molecule has 0 saturated heterocycles. The molecule has 3 nitrogen and oxygen atoms in total. The molecule has 102 valence electrons. The Morgan fingerprint density at radius 3 is 2.63 bits per heavy atom. The van der Waals surface area contributed by atoms with Gasteiger partial charge in [0.2, 0.25) is 0 Å². The van der Waals surface area contributed by atoms with E-state index < -0.39 is 0 Å². The zero-order valence-electron chi connectivity index (χ0n) is 10.1. The third-order valence-corrected chi connectivity index (χ3v) is 4.82. The average molecular weight is 362 g/mol. The highest BCUT2D eigenvalue weighted by atomic mass is 79.9. The molecule has 0 spiro atoms. The van der Waals surface area contributed by atoms with Gasteiger partial charge in [0.05, 0.1) is 6.04 Å². The van der Waals surface area contributed by atoms with Crippen molar-refractivity contribution in [1.29, 1.82) is 0 Å². The van der Waals surface area contributed by atoms with E-state index in [1.807, 2.05) is 23.6 Å². The van der Waals surface area contributed by atoms with Gasteiger partial charge in [0.1, 0.15) is 12.4 Å². The highest BCUT2D eigenvalue weighted by Gasteiger charge is 2.12. The van der Waals surface area contributed by atoms with Gasteiger partial charge < -0.3 is 4.74 Å². The Balaban J connectivity index is 1.89. The highest BCUT2D eigenvalue weighted by molar-refractivity contribution is 9.10. The third-order valence-electron chi connectivity index (χ3n) is 2.62. The molecule has 1 aromatic carbocycles. The lowest BCUT2D eigenvalue weighted by atomic mass is 10.2. The van der Waals surface area contributed by atoms with Crippen LogP contribution in [0.2, 0.25) is 5.02 Å². The zero-order valence-corrected chi connectivity index (χ0v) is 13.3. The number of rotatable bonds is 6. The number of hydrazine groups is 1. The molecular weight excluding hydrogens is 348 g/mol. The van der Waals surface area contributed by atoms with Gasteiger partial charge in [0.15, 0.2) is 0 Å². The maximum absolute atomic E-state index is 5.82. The highest BCUT2D eigenvalue weighted by Crippen LogP contribution is 2.24. The summed E-state index contributed by atoms with van der Waals surface area (Å²) >= 11 is 11.0. The van der Waals surface area contributed by atoms with Crippen LogP contribution in [0.15, 0.2) is 40.2 Å². The Labute approximate surface area is 129 Å². The lowest BCUT2D eigenvalue weighted by Crippen LogP contribution is -2.41. The van der Waals surface area contributed by atoms with E-state index in [1.165, 1.54) is 4.88 Å². The van der Waals surface area contributed by atoms with Crippen molar-refractivity contribution in [3.63, 3.8) is 0 Å². The predicted octanol–water partition coefficient (Wildman–Crippen LogP) is 3.62. The molecule has 0 fully saturated rings. The first-order valence-electron chi connectivity index (χ1n) is 5.75. The van der Waals surface area contributed by atoms with Gasteiger partial charge in [0, 0.05) is 20.8 Å². The molecule has 6 heteroatoms. The average Bonchev–Trinajstić information content (AvgIpc) is 2.82. The van der Waals surface area contributed by atoms with E-state index in [-0.39, 0.29) is 6.04 Å². The molecule has 0 aliphatic rings. The van der Waals surface area contributed by atoms with Crippen LogP contribution in [0.25, 0.3) is 0 Å². The Kier molecular flexibility index (Phi) is 5.66. The summed E-state index contributed by atoms with van der Waals surface area (Å²) in [7, 11) is 0. The summed E-state index contributed by atoms with van der Waals surface area (Å²) in [5.74, 6) is 6.35. The molecule has 2 aromatic rings. The van der Waals surface area contributed by atoms with Crippen molar-refractivity contribution >= 4 is 38.9 Å². The van der Waals surface area contributed by atoms with Crippen molar-refractivity contribution in [1.82, 2.24) is 5.43 Å². The lowest BCUT2D eigenvalue weighted by Gasteiger charge is -2.16. The second-order valence-electron chi connectivity index (χ2n) is 4.02. The molecule has 2 rings (SSSR count). The van der Waals surface area contributed by atoms with Crippen LogP contribution in [0.1, 0.15) is 4.88 Å². The third kappa shape index (κ3) is 4.47. The van der Waals surface area contributed by atoms with Crippen LogP contribution in [-0.2, 0) is 6.42 Å². The minimum Gasteiger partial charge on any atom is -0.492 e. The maximum atomic E-state index is 5.82. The molecule has 0 aliphatic carbocycles. The van der Waals surface area contributed by atoms with E-state index >= 15 is 0 Å². The predicted molar refractivity (Wildman–Crippen MR) is 83.8 cm³/mol. The number of ether oxygens (including phenoxy) is 1. The topological polar surface area (TPSA) is 47.3 Å². The monoisotopic (exact) mass is 360 g/mol. The molecule has 1 aromatic heterocycles. The fourth-order valence-electron chi connectivity index (χ4n) is 1.59. The van der Waals surface area contributed by atoms with Gasteiger partial charge in [-0.15, -0.1) is 11.3 Å². The SMILES string of the molecule is NNC(COc1ccc(Cl)cc1)Cc1sccc1Br. The van der Waals surface area contributed by atoms with Crippen LogP contribution in [0.5, 0.6) is 5.75 Å². The number of benzene rings is 1. The fourth-order valence-corrected chi connectivity index (χ4v) is 3.31. The summed E-state index contributed by atoms with van der Waals surface area (Å²) in [5.41, 5.74) is 2.78. The van der Waals surface area contributed by atoms with Crippen LogP contribution in [0.3, 0.4) is 0 Å². The van der Waals surface area contributed by atoms with Gasteiger partial charge in [-0.3, -0.25) is 11.3 Å². The summed E-state index contributed by atoms with van der Waals surface area (Å²) < 4.78 is 6.81. The van der Waals surface area contributed by atoms with Crippen LogP contribution in [-0.4, -0.2) is 12.6 Å². The molecule has 0 saturated carbocycles. The molecule has 3 N–H and O–H groups in total. The van der Waals surface area contributed by atoms with E-state index in [0.717, 1.165) is 16.6 Å². The Bertz CT molecular complexity index is 518. The van der Waals surface area contributed by atoms with Crippen LogP contribution >= 0.6 is 38.9 Å². The quantitative estimate of drug-likeness (QED) is 0.610. The summed E-state index contributed by atoms with van der Waals surface area (Å²) in [6, 6.07) is 9.39. The molecular formula is C13H14BrClN2OS. The molecule has 19 heavy (non-hydrogen) atoms. The number of nitrogens with two attached hydrogens (primary N) is 1. The second-order valence-corrected chi connectivity index (χ2v) is 6.32. The number of hydrogen-bond acceptors (Lipinski definition) is 4. The lowest BCUT2D eigenvalue weighted by molar-refractivity contribution is 0.264. The molecule has 0 radical (unpaired) electrons. The maximum Gasteiger partial charge on any atom is 0.119 e. The van der Waals surface area contributed by atoms with Crippen LogP contribution in [0.4, 0.5) is 0 Å². The Morgan fingerprint density at radius 1 is 1.32 bits per heavy atom. The van der Waals surface area contributed by atoms with Gasteiger partial charge in [-0.25, -0.2) is 0 Å². The van der Waals surface area contributed by atoms with Crippen LogP contribution in [0, 0.1) is 0 Å². The normalized spacial score (nSPS) is 12.4. The van der Waals surface area contributed by atoms with E-state index in [2.05, 4.69) is 21.4 Å². The summed E-state index contributed by atoms with van der Waals surface area (Å²) in [6.07, 6.45) is 0.822. The summed E-state index contributed by atoms with van der Waals surface area (Å²) in [5, 5.41) is 2.75. The van der Waals surface area contributed by atoms with Crippen molar-refractivity contribution < 1.29 is 4.74 Å².